The second-order valence-corrected chi connectivity index (χ2v) is 5.99. The topological polar surface area (TPSA) is 34.1 Å². The lowest BCUT2D eigenvalue weighted by molar-refractivity contribution is 0.571. The molecule has 0 saturated heterocycles. The smallest absolute Gasteiger partial charge is 0.150 e. The van der Waals surface area contributed by atoms with Crippen LogP contribution in [0.4, 0.5) is 0 Å². The highest BCUT2D eigenvalue weighted by Gasteiger charge is 2.10. The number of rotatable bonds is 6. The van der Waals surface area contributed by atoms with Gasteiger partial charge in [0, 0.05) is 0 Å². The molecule has 0 aliphatic heterocycles. The van der Waals surface area contributed by atoms with Gasteiger partial charge in [0.25, 0.3) is 0 Å². The van der Waals surface area contributed by atoms with E-state index in [4.69, 9.17) is 0 Å². The van der Waals surface area contributed by atoms with E-state index in [0.717, 1.165) is 19.3 Å². The van der Waals surface area contributed by atoms with E-state index in [2.05, 4.69) is 13.8 Å². The minimum atomic E-state index is -2.74. The first-order chi connectivity index (χ1) is 5.48. The summed E-state index contributed by atoms with van der Waals surface area (Å²) in [5, 5.41) is 0. The monoisotopic (exact) mass is 192 g/mol. The molecular formula is C9H20O2S. The van der Waals surface area contributed by atoms with Crippen molar-refractivity contribution in [2.24, 2.45) is 5.92 Å². The minimum Gasteiger partial charge on any atom is -0.229 e. The van der Waals surface area contributed by atoms with Crippen molar-refractivity contribution < 1.29 is 8.42 Å². The lowest BCUT2D eigenvalue weighted by atomic mass is 10.2. The molecular weight excluding hydrogens is 172 g/mol. The molecule has 0 aliphatic rings. The zero-order valence-corrected chi connectivity index (χ0v) is 9.15. The van der Waals surface area contributed by atoms with Crippen molar-refractivity contribution in [1.82, 2.24) is 0 Å². The molecule has 0 saturated carbocycles. The number of unbranched alkanes of at least 4 members (excludes halogenated alkanes) is 1. The highest BCUT2D eigenvalue weighted by molar-refractivity contribution is 7.91. The molecule has 0 rings (SSSR count). The average Bonchev–Trinajstić information content (AvgIpc) is 1.98. The van der Waals surface area contributed by atoms with E-state index < -0.39 is 9.84 Å². The third-order valence-electron chi connectivity index (χ3n) is 1.82. The van der Waals surface area contributed by atoms with Crippen LogP contribution in [-0.4, -0.2) is 19.9 Å². The molecule has 0 fully saturated rings. The summed E-state index contributed by atoms with van der Waals surface area (Å²) in [6, 6.07) is 0. The largest absolute Gasteiger partial charge is 0.229 e. The molecule has 2 nitrogen and oxygen atoms in total. The molecule has 0 aromatic heterocycles. The lowest BCUT2D eigenvalue weighted by Crippen LogP contribution is -2.12. The Hall–Kier alpha value is -0.0500. The Balaban J connectivity index is 3.73. The zero-order valence-electron chi connectivity index (χ0n) is 8.34. The molecule has 0 heterocycles. The number of hydrogen-bond acceptors (Lipinski definition) is 2. The van der Waals surface area contributed by atoms with E-state index in [0.29, 0.717) is 17.4 Å². The van der Waals surface area contributed by atoms with E-state index in [9.17, 15) is 8.42 Å². The van der Waals surface area contributed by atoms with Crippen LogP contribution in [0.5, 0.6) is 0 Å². The third-order valence-corrected chi connectivity index (χ3v) is 3.58. The predicted octanol–water partition coefficient (Wildman–Crippen LogP) is 2.25. The first kappa shape index (κ1) is 11.9. The maximum Gasteiger partial charge on any atom is 0.150 e. The zero-order chi connectivity index (χ0) is 9.61. The second kappa shape index (κ2) is 5.57. The Labute approximate surface area is 76.3 Å². The normalized spacial score (nSPS) is 12.3. The quantitative estimate of drug-likeness (QED) is 0.647. The Morgan fingerprint density at radius 1 is 1.17 bits per heavy atom. The molecule has 0 radical (unpaired) electrons. The summed E-state index contributed by atoms with van der Waals surface area (Å²) in [5.74, 6) is 1.22. The second-order valence-electron chi connectivity index (χ2n) is 3.69. The standard InChI is InChI=1S/C9H20O2S/c1-4-5-7-12(10,11)8-6-9(2)3/h9H,4-8H2,1-3H3. The Morgan fingerprint density at radius 2 is 1.75 bits per heavy atom. The van der Waals surface area contributed by atoms with Crippen molar-refractivity contribution in [2.75, 3.05) is 11.5 Å². The predicted molar refractivity (Wildman–Crippen MR) is 53.0 cm³/mol. The molecule has 0 aromatic rings. The van der Waals surface area contributed by atoms with Gasteiger partial charge in [0.05, 0.1) is 11.5 Å². The molecule has 12 heavy (non-hydrogen) atoms. The highest BCUT2D eigenvalue weighted by atomic mass is 32.2. The highest BCUT2D eigenvalue weighted by Crippen LogP contribution is 2.05. The number of sulfone groups is 1. The lowest BCUT2D eigenvalue weighted by Gasteiger charge is -2.05. The molecule has 0 unspecified atom stereocenters. The summed E-state index contributed by atoms with van der Waals surface area (Å²) >= 11 is 0. The first-order valence-corrected chi connectivity index (χ1v) is 6.50. The van der Waals surface area contributed by atoms with Crippen molar-refractivity contribution in [1.29, 1.82) is 0 Å². The van der Waals surface area contributed by atoms with Crippen molar-refractivity contribution in [3.8, 4) is 0 Å². The van der Waals surface area contributed by atoms with Gasteiger partial charge in [-0.05, 0) is 18.8 Å². The van der Waals surface area contributed by atoms with E-state index in [1.807, 2.05) is 6.92 Å². The van der Waals surface area contributed by atoms with Gasteiger partial charge in [0.15, 0.2) is 0 Å². The summed E-state index contributed by atoms with van der Waals surface area (Å²) in [5.41, 5.74) is 0. The molecule has 0 bridgehead atoms. The fourth-order valence-corrected chi connectivity index (χ4v) is 2.64. The molecule has 0 spiro atoms. The molecule has 0 aromatic carbocycles. The van der Waals surface area contributed by atoms with Crippen LogP contribution < -0.4 is 0 Å². The van der Waals surface area contributed by atoms with Crippen molar-refractivity contribution >= 4 is 9.84 Å². The van der Waals surface area contributed by atoms with Crippen LogP contribution in [0.15, 0.2) is 0 Å². The molecule has 0 atom stereocenters. The molecule has 0 aliphatic carbocycles. The Morgan fingerprint density at radius 3 is 2.17 bits per heavy atom. The van der Waals surface area contributed by atoms with Gasteiger partial charge < -0.3 is 0 Å². The fourth-order valence-electron chi connectivity index (χ4n) is 0.882. The van der Waals surface area contributed by atoms with Crippen LogP contribution in [0.1, 0.15) is 40.0 Å². The van der Waals surface area contributed by atoms with E-state index in [-0.39, 0.29) is 0 Å². The summed E-state index contributed by atoms with van der Waals surface area (Å²) in [7, 11) is -2.74. The molecule has 74 valence electrons. The van der Waals surface area contributed by atoms with Crippen LogP contribution in [0.3, 0.4) is 0 Å². The Bertz CT molecular complexity index is 193. The summed E-state index contributed by atoms with van der Waals surface area (Å²) in [6.45, 7) is 6.11. The third kappa shape index (κ3) is 6.65. The van der Waals surface area contributed by atoms with Gasteiger partial charge in [-0.3, -0.25) is 0 Å². The minimum absolute atomic E-state index is 0.366. The van der Waals surface area contributed by atoms with E-state index in [1.54, 1.807) is 0 Å². The van der Waals surface area contributed by atoms with E-state index >= 15 is 0 Å². The maximum atomic E-state index is 11.3. The molecule has 0 amide bonds. The summed E-state index contributed by atoms with van der Waals surface area (Å²) in [4.78, 5) is 0. The SMILES string of the molecule is CCCCS(=O)(=O)CCC(C)C. The van der Waals surface area contributed by atoms with Gasteiger partial charge in [-0.15, -0.1) is 0 Å². The van der Waals surface area contributed by atoms with Crippen LogP contribution in [-0.2, 0) is 9.84 Å². The molecule has 0 N–H and O–H groups in total. The number of hydrogen-bond donors (Lipinski definition) is 0. The van der Waals surface area contributed by atoms with Crippen LogP contribution >= 0.6 is 0 Å². The van der Waals surface area contributed by atoms with Crippen LogP contribution in [0.25, 0.3) is 0 Å². The van der Waals surface area contributed by atoms with Gasteiger partial charge in [0.2, 0.25) is 0 Å². The summed E-state index contributed by atoms with van der Waals surface area (Å²) in [6.07, 6.45) is 2.56. The van der Waals surface area contributed by atoms with E-state index in [1.165, 1.54) is 0 Å². The summed E-state index contributed by atoms with van der Waals surface area (Å²) < 4.78 is 22.6. The van der Waals surface area contributed by atoms with Crippen molar-refractivity contribution in [2.45, 2.75) is 40.0 Å². The fraction of sp³-hybridized carbons (Fsp3) is 1.00. The van der Waals surface area contributed by atoms with Gasteiger partial charge in [0.1, 0.15) is 9.84 Å². The maximum absolute atomic E-state index is 11.3. The average molecular weight is 192 g/mol. The van der Waals surface area contributed by atoms with Crippen LogP contribution in [0, 0.1) is 5.92 Å². The van der Waals surface area contributed by atoms with Crippen molar-refractivity contribution in [3.05, 3.63) is 0 Å². The van der Waals surface area contributed by atoms with Crippen molar-refractivity contribution in [3.63, 3.8) is 0 Å². The Kier molecular flexibility index (Phi) is 5.55. The molecule has 3 heteroatoms. The van der Waals surface area contributed by atoms with Crippen LogP contribution in [0.2, 0.25) is 0 Å². The van der Waals surface area contributed by atoms with Gasteiger partial charge >= 0.3 is 0 Å². The van der Waals surface area contributed by atoms with Gasteiger partial charge in [-0.2, -0.15) is 0 Å². The van der Waals surface area contributed by atoms with Gasteiger partial charge in [-0.25, -0.2) is 8.42 Å². The van der Waals surface area contributed by atoms with Gasteiger partial charge in [-0.1, -0.05) is 27.2 Å². The first-order valence-electron chi connectivity index (χ1n) is 4.68.